The minimum Gasteiger partial charge on any atom is -0.347 e. The van der Waals surface area contributed by atoms with Crippen molar-refractivity contribution in [1.29, 1.82) is 0 Å². The molecular weight excluding hydrogens is 432 g/mol. The number of hydrogen-bond acceptors (Lipinski definition) is 4. The van der Waals surface area contributed by atoms with Crippen LogP contribution in [-0.2, 0) is 19.2 Å². The largest absolute Gasteiger partial charge is 0.347 e. The average Bonchev–Trinajstić information content (AvgIpc) is 2.64. The van der Waals surface area contributed by atoms with Gasteiger partial charge in [0.1, 0.15) is 0 Å². The summed E-state index contributed by atoms with van der Waals surface area (Å²) in [4.78, 5) is 51.3. The molecule has 0 aromatic heterocycles. The summed E-state index contributed by atoms with van der Waals surface area (Å²) in [6.45, 7) is 21.6. The van der Waals surface area contributed by atoms with Gasteiger partial charge in [-0.1, -0.05) is 26.3 Å². The molecule has 184 valence electrons. The zero-order chi connectivity index (χ0) is 25.7. The molecule has 4 fully saturated rings. The van der Waals surface area contributed by atoms with Gasteiger partial charge in [0.05, 0.1) is 0 Å². The maximum atomic E-state index is 12.8. The molecule has 0 aromatic rings. The average molecular weight is 469 g/mol. The Labute approximate surface area is 201 Å². The van der Waals surface area contributed by atoms with E-state index in [9.17, 15) is 19.2 Å². The van der Waals surface area contributed by atoms with Crippen molar-refractivity contribution in [2.45, 2.75) is 88.4 Å². The van der Waals surface area contributed by atoms with Gasteiger partial charge in [-0.2, -0.15) is 0 Å². The van der Waals surface area contributed by atoms with E-state index in [4.69, 9.17) is 0 Å². The van der Waals surface area contributed by atoms with Gasteiger partial charge in [0.2, 0.25) is 23.6 Å². The van der Waals surface area contributed by atoms with Gasteiger partial charge < -0.3 is 21.3 Å². The van der Waals surface area contributed by atoms with E-state index in [1.807, 2.05) is 0 Å². The molecule has 0 radical (unpaired) electrons. The van der Waals surface area contributed by atoms with Crippen molar-refractivity contribution in [3.8, 4) is 0 Å². The van der Waals surface area contributed by atoms with Crippen LogP contribution in [0.15, 0.2) is 48.6 Å². The second kappa shape index (κ2) is 8.25. The highest BCUT2D eigenvalue weighted by Crippen LogP contribution is 2.61. The molecule has 0 aromatic carbocycles. The molecule has 8 nitrogen and oxygen atoms in total. The van der Waals surface area contributed by atoms with Crippen molar-refractivity contribution < 1.29 is 19.2 Å². The highest BCUT2D eigenvalue weighted by molar-refractivity contribution is 5.95. The van der Waals surface area contributed by atoms with Crippen molar-refractivity contribution in [3.05, 3.63) is 48.6 Å². The van der Waals surface area contributed by atoms with Crippen LogP contribution in [0.3, 0.4) is 0 Å². The van der Waals surface area contributed by atoms with Crippen LogP contribution in [0, 0.1) is 0 Å². The lowest BCUT2D eigenvalue weighted by Crippen LogP contribution is -2.83. The molecule has 4 aliphatic rings. The third-order valence-electron chi connectivity index (χ3n) is 7.13. The van der Waals surface area contributed by atoms with Gasteiger partial charge in [-0.3, -0.25) is 19.2 Å². The van der Waals surface area contributed by atoms with Gasteiger partial charge in [-0.25, -0.2) is 0 Å². The van der Waals surface area contributed by atoms with E-state index in [0.29, 0.717) is 60.8 Å². The first-order valence-electron chi connectivity index (χ1n) is 11.5. The fourth-order valence-corrected chi connectivity index (χ4v) is 6.56. The van der Waals surface area contributed by atoms with E-state index in [0.717, 1.165) is 0 Å². The minimum absolute atomic E-state index is 0.300. The molecule has 4 amide bonds. The zero-order valence-electron chi connectivity index (χ0n) is 20.7. The van der Waals surface area contributed by atoms with Crippen LogP contribution in [0.4, 0.5) is 0 Å². The number of carbonyl (C=O) groups excluding carboxylic acids is 4. The summed E-state index contributed by atoms with van der Waals surface area (Å²) >= 11 is 0. The first-order chi connectivity index (χ1) is 15.6. The van der Waals surface area contributed by atoms with Crippen molar-refractivity contribution in [3.63, 3.8) is 0 Å². The topological polar surface area (TPSA) is 116 Å². The fraction of sp³-hybridized carbons (Fsp3) is 0.538. The van der Waals surface area contributed by atoms with Crippen LogP contribution in [0.1, 0.15) is 66.2 Å². The first-order valence-corrected chi connectivity index (χ1v) is 11.5. The number of amides is 4. The quantitative estimate of drug-likeness (QED) is 0.408. The Balaban J connectivity index is 2.15. The predicted octanol–water partition coefficient (Wildman–Crippen LogP) is 2.09. The van der Waals surface area contributed by atoms with E-state index in [-0.39, 0.29) is 23.6 Å². The third kappa shape index (κ3) is 4.72. The third-order valence-corrected chi connectivity index (χ3v) is 7.13. The molecular formula is C26H36N4O4. The number of rotatable bonds is 8. The van der Waals surface area contributed by atoms with Gasteiger partial charge in [-0.15, -0.1) is 0 Å². The Kier molecular flexibility index (Phi) is 6.18. The second-order valence-electron chi connectivity index (χ2n) is 11.1. The molecule has 0 spiro atoms. The normalized spacial score (nSPS) is 32.8. The van der Waals surface area contributed by atoms with Gasteiger partial charge in [-0.05, 0) is 66.2 Å². The molecule has 8 heteroatoms. The molecule has 4 aliphatic carbocycles. The minimum atomic E-state index is -0.780. The summed E-state index contributed by atoms with van der Waals surface area (Å²) in [5.74, 6) is -1.20. The lowest BCUT2D eigenvalue weighted by Gasteiger charge is -2.70. The highest BCUT2D eigenvalue weighted by atomic mass is 16.2. The molecule has 0 atom stereocenters. The Morgan fingerprint density at radius 2 is 0.588 bits per heavy atom. The van der Waals surface area contributed by atoms with E-state index < -0.39 is 22.2 Å². The Morgan fingerprint density at radius 3 is 0.706 bits per heavy atom. The smallest absolute Gasteiger partial charge is 0.246 e. The van der Waals surface area contributed by atoms with Crippen LogP contribution in [0.2, 0.25) is 0 Å². The number of carbonyl (C=O) groups is 4. The maximum absolute atomic E-state index is 12.8. The summed E-state index contributed by atoms with van der Waals surface area (Å²) in [7, 11) is 0. The van der Waals surface area contributed by atoms with Gasteiger partial charge >= 0.3 is 0 Å². The molecule has 4 bridgehead atoms. The molecule has 34 heavy (non-hydrogen) atoms. The fourth-order valence-electron chi connectivity index (χ4n) is 6.56. The van der Waals surface area contributed by atoms with Crippen molar-refractivity contribution in [2.75, 3.05) is 0 Å². The maximum Gasteiger partial charge on any atom is 0.246 e. The summed E-state index contributed by atoms with van der Waals surface area (Å²) in [5, 5.41) is 12.6. The standard InChI is InChI=1S/C26H36N4O4/c1-15(2)19(31)27-23-9-24(28-20(32)16(3)4)12-25(10-23,29-21(33)17(5)6)14-26(11-23,13-24)30-22(34)18(7)8/h1,3,5,7,9-14H2,2,4,6,8H3,(H,27,31)(H,28,32)(H,29,33)(H,30,34). The summed E-state index contributed by atoms with van der Waals surface area (Å²) in [5.41, 5.74) is -1.69. The number of nitrogens with one attached hydrogen (secondary N) is 4. The van der Waals surface area contributed by atoms with Crippen LogP contribution in [0.25, 0.3) is 0 Å². The summed E-state index contributed by atoms with van der Waals surface area (Å²) in [6.07, 6.45) is 2.79. The molecule has 4 rings (SSSR count). The van der Waals surface area contributed by atoms with Gasteiger partial charge in [0.15, 0.2) is 0 Å². The zero-order valence-corrected chi connectivity index (χ0v) is 20.7. The molecule has 0 aliphatic heterocycles. The van der Waals surface area contributed by atoms with Crippen molar-refractivity contribution >= 4 is 23.6 Å². The van der Waals surface area contributed by atoms with E-state index in [2.05, 4.69) is 47.6 Å². The molecule has 0 heterocycles. The van der Waals surface area contributed by atoms with Crippen LogP contribution >= 0.6 is 0 Å². The molecule has 4 N–H and O–H groups in total. The van der Waals surface area contributed by atoms with Gasteiger partial charge in [0.25, 0.3) is 0 Å². The second-order valence-corrected chi connectivity index (χ2v) is 11.1. The molecule has 0 saturated heterocycles. The van der Waals surface area contributed by atoms with Gasteiger partial charge in [0, 0.05) is 44.4 Å². The van der Waals surface area contributed by atoms with Crippen molar-refractivity contribution in [2.24, 2.45) is 0 Å². The lowest BCUT2D eigenvalue weighted by atomic mass is 9.44. The van der Waals surface area contributed by atoms with Crippen LogP contribution in [-0.4, -0.2) is 45.8 Å². The Bertz CT molecular complexity index is 840. The number of hydrogen-bond donors (Lipinski definition) is 4. The van der Waals surface area contributed by atoms with Crippen LogP contribution < -0.4 is 21.3 Å². The van der Waals surface area contributed by atoms with E-state index >= 15 is 0 Å². The lowest BCUT2D eigenvalue weighted by molar-refractivity contribution is -0.144. The predicted molar refractivity (Wildman–Crippen MR) is 130 cm³/mol. The summed E-state index contributed by atoms with van der Waals surface area (Å²) < 4.78 is 0. The SMILES string of the molecule is C=C(C)C(=O)NC12CC3(NC(=O)C(=C)C)CC(NC(=O)C(=C)C)(C1)CC(NC(=O)C(=C)C)(C2)C3. The molecule has 4 saturated carbocycles. The van der Waals surface area contributed by atoms with Crippen LogP contribution in [0.5, 0.6) is 0 Å². The Morgan fingerprint density at radius 1 is 0.441 bits per heavy atom. The van der Waals surface area contributed by atoms with E-state index in [1.54, 1.807) is 27.7 Å². The van der Waals surface area contributed by atoms with E-state index in [1.165, 1.54) is 0 Å². The Hall–Kier alpha value is -3.16. The van der Waals surface area contributed by atoms with Crippen molar-refractivity contribution in [1.82, 2.24) is 21.3 Å². The highest BCUT2D eigenvalue weighted by Gasteiger charge is 2.70. The first kappa shape index (κ1) is 25.5. The molecule has 0 unspecified atom stereocenters. The monoisotopic (exact) mass is 468 g/mol. The summed E-state index contributed by atoms with van der Waals surface area (Å²) in [6, 6.07) is 0.